The fourth-order valence-electron chi connectivity index (χ4n) is 3.41. The highest BCUT2D eigenvalue weighted by atomic mass is 32.2. The van der Waals surface area contributed by atoms with Gasteiger partial charge in [0.2, 0.25) is 5.12 Å². The van der Waals surface area contributed by atoms with Crippen LogP contribution in [0.2, 0.25) is 0 Å². The number of nitrogens with zero attached hydrogens (tertiary/aromatic N) is 4. The van der Waals surface area contributed by atoms with Crippen molar-refractivity contribution >= 4 is 50.6 Å². The van der Waals surface area contributed by atoms with E-state index in [1.54, 1.807) is 17.0 Å². The second-order valence-electron chi connectivity index (χ2n) is 7.44. The number of azo groups is 1. The van der Waals surface area contributed by atoms with Crippen molar-refractivity contribution < 1.29 is 9.59 Å². The lowest BCUT2D eigenvalue weighted by Crippen LogP contribution is -2.23. The monoisotopic (exact) mass is 497 g/mol. The van der Waals surface area contributed by atoms with Gasteiger partial charge in [0.15, 0.2) is 10.8 Å². The van der Waals surface area contributed by atoms with Crippen molar-refractivity contribution in [1.29, 1.82) is 0 Å². The summed E-state index contributed by atoms with van der Waals surface area (Å²) >= 11 is 2.31. The summed E-state index contributed by atoms with van der Waals surface area (Å²) in [7, 11) is 0. The number of nitrogens with one attached hydrogen (secondary N) is 1. The predicted octanol–water partition coefficient (Wildman–Crippen LogP) is 6.48. The van der Waals surface area contributed by atoms with Gasteiger partial charge in [-0.15, -0.1) is 16.5 Å². The highest BCUT2D eigenvalue weighted by Gasteiger charge is 2.32. The second-order valence-corrected chi connectivity index (χ2v) is 9.35. The van der Waals surface area contributed by atoms with Crippen LogP contribution in [0.5, 0.6) is 0 Å². The van der Waals surface area contributed by atoms with Crippen LogP contribution in [0.25, 0.3) is 11.3 Å². The molecule has 172 valence electrons. The molecule has 1 amide bonds. The van der Waals surface area contributed by atoms with Crippen LogP contribution in [0.3, 0.4) is 0 Å². The Morgan fingerprint density at radius 1 is 0.914 bits per heavy atom. The minimum Gasteiger partial charge on any atom is -0.325 e. The van der Waals surface area contributed by atoms with E-state index in [1.807, 2.05) is 84.2 Å². The topological polar surface area (TPSA) is 87.0 Å². The smallest absolute Gasteiger partial charge is 0.280 e. The minimum atomic E-state index is -0.489. The van der Waals surface area contributed by atoms with Crippen LogP contribution in [0.4, 0.5) is 16.5 Å². The summed E-state index contributed by atoms with van der Waals surface area (Å²) in [5.74, 6) is -0.489. The molecular weight excluding hydrogens is 478 g/mol. The molecule has 1 aliphatic rings. The zero-order valence-electron chi connectivity index (χ0n) is 18.4. The number of hydrogen-bond acceptors (Lipinski definition) is 8. The van der Waals surface area contributed by atoms with E-state index in [2.05, 4.69) is 20.5 Å². The number of amides is 1. The standard InChI is InChI=1S/C26H19N5O2S2/c32-22-16-31(20-14-8-3-9-15-20)25(35-22)23(30-29-19-12-6-2-7-13-19)24(33)28-26-27-21(17-34-26)18-10-4-1-5-11-18/h1-15,17H,16H2,(H,27,28,33)/b25-23-,30-29?. The first-order chi connectivity index (χ1) is 17.2. The maximum atomic E-state index is 13.4. The fraction of sp³-hybridized carbons (Fsp3) is 0.0385. The summed E-state index contributed by atoms with van der Waals surface area (Å²) < 4.78 is 0. The van der Waals surface area contributed by atoms with Crippen LogP contribution in [-0.4, -0.2) is 22.6 Å². The zero-order valence-corrected chi connectivity index (χ0v) is 20.0. The van der Waals surface area contributed by atoms with Crippen molar-refractivity contribution in [1.82, 2.24) is 4.98 Å². The van der Waals surface area contributed by atoms with E-state index >= 15 is 0 Å². The third-order valence-electron chi connectivity index (χ3n) is 5.04. The summed E-state index contributed by atoms with van der Waals surface area (Å²) in [4.78, 5) is 32.2. The van der Waals surface area contributed by atoms with Crippen molar-refractivity contribution in [3.05, 3.63) is 107 Å². The predicted molar refractivity (Wildman–Crippen MR) is 141 cm³/mol. The van der Waals surface area contributed by atoms with E-state index in [0.29, 0.717) is 15.8 Å². The molecule has 9 heteroatoms. The van der Waals surface area contributed by atoms with E-state index in [1.165, 1.54) is 11.3 Å². The number of benzene rings is 3. The Morgan fingerprint density at radius 3 is 2.29 bits per heavy atom. The lowest BCUT2D eigenvalue weighted by Gasteiger charge is -2.19. The number of thiazole rings is 1. The number of aromatic nitrogens is 1. The number of hydrogen-bond donors (Lipinski definition) is 1. The Hall–Kier alpha value is -4.08. The van der Waals surface area contributed by atoms with Gasteiger partial charge in [0.05, 0.1) is 17.9 Å². The summed E-state index contributed by atoms with van der Waals surface area (Å²) in [6.45, 7) is 0.136. The Morgan fingerprint density at radius 2 is 1.57 bits per heavy atom. The number of anilines is 2. The van der Waals surface area contributed by atoms with Gasteiger partial charge in [-0.25, -0.2) is 4.98 Å². The first kappa shape index (κ1) is 22.7. The molecule has 7 nitrogen and oxygen atoms in total. The molecule has 1 aliphatic heterocycles. The Labute approximate surface area is 210 Å². The third-order valence-corrected chi connectivity index (χ3v) is 6.77. The lowest BCUT2D eigenvalue weighted by atomic mass is 10.2. The lowest BCUT2D eigenvalue weighted by molar-refractivity contribution is -0.113. The maximum Gasteiger partial charge on any atom is 0.280 e. The quantitative estimate of drug-likeness (QED) is 0.243. The van der Waals surface area contributed by atoms with Crippen LogP contribution in [0.1, 0.15) is 0 Å². The van der Waals surface area contributed by atoms with Crippen LogP contribution >= 0.6 is 23.1 Å². The highest BCUT2D eigenvalue weighted by Crippen LogP contribution is 2.37. The molecular formula is C26H19N5O2S2. The van der Waals surface area contributed by atoms with Gasteiger partial charge in [0.1, 0.15) is 5.03 Å². The molecule has 1 saturated heterocycles. The molecule has 0 bridgehead atoms. The van der Waals surface area contributed by atoms with Gasteiger partial charge < -0.3 is 4.90 Å². The van der Waals surface area contributed by atoms with E-state index in [0.717, 1.165) is 28.7 Å². The van der Waals surface area contributed by atoms with Gasteiger partial charge in [0, 0.05) is 16.6 Å². The number of thioether (sulfide) groups is 1. The number of carbonyl (C=O) groups excluding carboxylic acids is 2. The van der Waals surface area contributed by atoms with E-state index in [-0.39, 0.29) is 17.4 Å². The van der Waals surface area contributed by atoms with Gasteiger partial charge in [-0.1, -0.05) is 66.7 Å². The van der Waals surface area contributed by atoms with Gasteiger partial charge >= 0.3 is 0 Å². The van der Waals surface area contributed by atoms with E-state index in [4.69, 9.17) is 0 Å². The molecule has 0 unspecified atom stereocenters. The summed E-state index contributed by atoms with van der Waals surface area (Å²) in [6.07, 6.45) is 0. The largest absolute Gasteiger partial charge is 0.325 e. The molecule has 0 spiro atoms. The van der Waals surface area contributed by atoms with Gasteiger partial charge in [-0.2, -0.15) is 5.11 Å². The van der Waals surface area contributed by atoms with Crippen LogP contribution in [0.15, 0.2) is 117 Å². The van der Waals surface area contributed by atoms with Crippen molar-refractivity contribution in [2.24, 2.45) is 10.2 Å². The van der Waals surface area contributed by atoms with E-state index < -0.39 is 5.91 Å². The molecule has 3 aromatic carbocycles. The van der Waals surface area contributed by atoms with Crippen molar-refractivity contribution in [3.63, 3.8) is 0 Å². The zero-order chi connectivity index (χ0) is 24.0. The average Bonchev–Trinajstić information content (AvgIpc) is 3.52. The average molecular weight is 498 g/mol. The van der Waals surface area contributed by atoms with Gasteiger partial charge in [-0.3, -0.25) is 14.9 Å². The SMILES string of the molecule is O=C1CN(c2ccccc2)/C(=C(/N=Nc2ccccc2)C(=O)Nc2nc(-c3ccccc3)cs2)S1. The summed E-state index contributed by atoms with van der Waals surface area (Å²) in [5, 5.41) is 14.1. The molecule has 35 heavy (non-hydrogen) atoms. The fourth-order valence-corrected chi connectivity index (χ4v) is 5.04. The third kappa shape index (κ3) is 5.37. The van der Waals surface area contributed by atoms with Crippen LogP contribution in [0, 0.1) is 0 Å². The number of rotatable bonds is 6. The Balaban J connectivity index is 1.50. The first-order valence-electron chi connectivity index (χ1n) is 10.7. The number of para-hydroxylation sites is 1. The van der Waals surface area contributed by atoms with Gasteiger partial charge in [-0.05, 0) is 36.0 Å². The normalized spacial score (nSPS) is 15.0. The molecule has 0 atom stereocenters. The minimum absolute atomic E-state index is 0.0463. The van der Waals surface area contributed by atoms with E-state index in [9.17, 15) is 9.59 Å². The molecule has 0 radical (unpaired) electrons. The summed E-state index contributed by atoms with van der Waals surface area (Å²) in [5.41, 5.74) is 3.16. The summed E-state index contributed by atoms with van der Waals surface area (Å²) in [6, 6.07) is 28.3. The Kier molecular flexibility index (Phi) is 6.78. The molecule has 0 saturated carbocycles. The molecule has 1 N–H and O–H groups in total. The van der Waals surface area contributed by atoms with Crippen LogP contribution < -0.4 is 10.2 Å². The number of carbonyl (C=O) groups is 2. The molecule has 4 aromatic rings. The van der Waals surface area contributed by atoms with Crippen molar-refractivity contribution in [2.75, 3.05) is 16.8 Å². The highest BCUT2D eigenvalue weighted by molar-refractivity contribution is 8.17. The van der Waals surface area contributed by atoms with Gasteiger partial charge in [0.25, 0.3) is 5.91 Å². The molecule has 0 aliphatic carbocycles. The molecule has 1 aromatic heterocycles. The van der Waals surface area contributed by atoms with Crippen molar-refractivity contribution in [3.8, 4) is 11.3 Å². The first-order valence-corrected chi connectivity index (χ1v) is 12.4. The maximum absolute atomic E-state index is 13.4. The molecule has 1 fully saturated rings. The second kappa shape index (κ2) is 10.5. The van der Waals surface area contributed by atoms with Crippen LogP contribution in [-0.2, 0) is 9.59 Å². The van der Waals surface area contributed by atoms with Crippen molar-refractivity contribution in [2.45, 2.75) is 0 Å². The Bertz CT molecular complexity index is 1400. The molecule has 5 rings (SSSR count). The molecule has 2 heterocycles.